The summed E-state index contributed by atoms with van der Waals surface area (Å²) < 4.78 is 67.7. The molecule has 1 saturated heterocycles. The molecule has 208 valence electrons. The molecule has 0 spiro atoms. The van der Waals surface area contributed by atoms with E-state index in [1.54, 1.807) is 49.9 Å². The highest BCUT2D eigenvalue weighted by atomic mass is 35.5. The second kappa shape index (κ2) is 11.9. The monoisotopic (exact) mass is 574 g/mol. The minimum atomic E-state index is -4.72. The van der Waals surface area contributed by atoms with Crippen molar-refractivity contribution in [3.63, 3.8) is 0 Å². The molecule has 3 atom stereocenters. The number of benzene rings is 2. The molecule has 3 unspecified atom stereocenters. The third-order valence-electron chi connectivity index (χ3n) is 6.53. The Balaban J connectivity index is 1.72. The second-order valence-corrected chi connectivity index (χ2v) is 11.4. The van der Waals surface area contributed by atoms with Gasteiger partial charge in [0.1, 0.15) is 6.04 Å². The fourth-order valence-corrected chi connectivity index (χ4v) is 5.57. The highest BCUT2D eigenvalue weighted by molar-refractivity contribution is 7.89. The van der Waals surface area contributed by atoms with Crippen molar-refractivity contribution >= 4 is 39.2 Å². The van der Waals surface area contributed by atoms with E-state index in [1.165, 1.54) is 4.90 Å². The highest BCUT2D eigenvalue weighted by Crippen LogP contribution is 2.30. The molecule has 0 radical (unpaired) electrons. The van der Waals surface area contributed by atoms with Crippen LogP contribution in [0.1, 0.15) is 32.8 Å². The Labute approximate surface area is 225 Å². The Kier molecular flexibility index (Phi) is 9.32. The van der Waals surface area contributed by atoms with Gasteiger partial charge in [0.2, 0.25) is 15.9 Å². The number of anilines is 1. The van der Waals surface area contributed by atoms with E-state index in [0.717, 1.165) is 18.2 Å². The van der Waals surface area contributed by atoms with Gasteiger partial charge in [0.15, 0.2) is 0 Å². The summed E-state index contributed by atoms with van der Waals surface area (Å²) in [6, 6.07) is 8.08. The van der Waals surface area contributed by atoms with Gasteiger partial charge in [-0.3, -0.25) is 4.79 Å². The van der Waals surface area contributed by atoms with E-state index in [4.69, 9.17) is 11.6 Å². The molecule has 3 amide bonds. The topological polar surface area (TPSA) is 98.8 Å². The van der Waals surface area contributed by atoms with Crippen LogP contribution >= 0.6 is 11.6 Å². The molecule has 2 aromatic rings. The van der Waals surface area contributed by atoms with Crippen molar-refractivity contribution in [2.45, 2.75) is 50.3 Å². The van der Waals surface area contributed by atoms with Crippen LogP contribution in [-0.2, 0) is 21.0 Å². The Morgan fingerprint density at radius 3 is 2.37 bits per heavy atom. The van der Waals surface area contributed by atoms with Gasteiger partial charge in [0, 0.05) is 36.4 Å². The van der Waals surface area contributed by atoms with Crippen LogP contribution in [0.5, 0.6) is 0 Å². The van der Waals surface area contributed by atoms with Gasteiger partial charge in [-0.05, 0) is 55.3 Å². The molecular formula is C25H30ClF3N4O4S. The maximum absolute atomic E-state index is 13.5. The molecule has 1 heterocycles. The zero-order valence-electron chi connectivity index (χ0n) is 21.1. The number of sulfonamides is 1. The summed E-state index contributed by atoms with van der Waals surface area (Å²) in [7, 11) is -4.44. The third kappa shape index (κ3) is 7.17. The Morgan fingerprint density at radius 2 is 1.79 bits per heavy atom. The first kappa shape index (κ1) is 29.7. The molecule has 8 nitrogen and oxygen atoms in total. The van der Waals surface area contributed by atoms with E-state index >= 15 is 0 Å². The van der Waals surface area contributed by atoms with Gasteiger partial charge in [-0.25, -0.2) is 13.2 Å². The van der Waals surface area contributed by atoms with Gasteiger partial charge < -0.3 is 15.1 Å². The molecule has 1 aliphatic heterocycles. The molecule has 13 heteroatoms. The lowest BCUT2D eigenvalue weighted by atomic mass is 9.98. The first-order valence-corrected chi connectivity index (χ1v) is 13.9. The van der Waals surface area contributed by atoms with Crippen molar-refractivity contribution in [3.05, 3.63) is 59.1 Å². The minimum absolute atomic E-state index is 0.158. The third-order valence-corrected chi connectivity index (χ3v) is 8.22. The van der Waals surface area contributed by atoms with Crippen LogP contribution in [0.2, 0.25) is 5.02 Å². The second-order valence-electron chi connectivity index (χ2n) is 9.27. The SMILES string of the molecule is CCC(C)C(NS(=O)(=O)c1cccc(C(F)(F)F)c1)C(=O)N1CCN(C(=O)Nc2ccc(Cl)cc2)C(C)C1. The molecule has 0 aromatic heterocycles. The van der Waals surface area contributed by atoms with Gasteiger partial charge in [-0.15, -0.1) is 0 Å². The number of nitrogens with zero attached hydrogens (tertiary/aromatic N) is 2. The molecule has 1 fully saturated rings. The Hall–Kier alpha value is -2.83. The highest BCUT2D eigenvalue weighted by Gasteiger charge is 2.37. The fraction of sp³-hybridized carbons (Fsp3) is 0.440. The van der Waals surface area contributed by atoms with Crippen LogP contribution in [0.4, 0.5) is 23.7 Å². The van der Waals surface area contributed by atoms with Crippen molar-refractivity contribution in [1.29, 1.82) is 0 Å². The van der Waals surface area contributed by atoms with Crippen LogP contribution in [0.3, 0.4) is 0 Å². The standard InChI is InChI=1S/C25H30ClF3N4O4S/c1-4-16(2)22(31-38(36,37)21-7-5-6-18(14-21)25(27,28)29)23(34)32-12-13-33(17(3)15-32)24(35)30-20-10-8-19(26)9-11-20/h5-11,14,16-17,22,31H,4,12-13,15H2,1-3H3,(H,30,35). The van der Waals surface area contributed by atoms with Gasteiger partial charge >= 0.3 is 12.2 Å². The molecule has 0 aliphatic carbocycles. The fourth-order valence-electron chi connectivity index (χ4n) is 4.11. The van der Waals surface area contributed by atoms with E-state index in [2.05, 4.69) is 10.0 Å². The lowest BCUT2D eigenvalue weighted by Crippen LogP contribution is -2.60. The summed E-state index contributed by atoms with van der Waals surface area (Å²) in [5.41, 5.74) is -0.542. The number of hydrogen-bond donors (Lipinski definition) is 2. The van der Waals surface area contributed by atoms with Crippen LogP contribution in [0.15, 0.2) is 53.4 Å². The largest absolute Gasteiger partial charge is 0.416 e. The Bertz CT molecular complexity index is 1260. The van der Waals surface area contributed by atoms with E-state index in [-0.39, 0.29) is 31.7 Å². The minimum Gasteiger partial charge on any atom is -0.337 e. The molecule has 2 aromatic carbocycles. The number of amides is 3. The normalized spacial score (nSPS) is 18.1. The van der Waals surface area contributed by atoms with Gasteiger partial charge in [0.05, 0.1) is 10.5 Å². The smallest absolute Gasteiger partial charge is 0.337 e. The van der Waals surface area contributed by atoms with E-state index < -0.39 is 44.5 Å². The number of alkyl halides is 3. The van der Waals surface area contributed by atoms with E-state index in [1.807, 2.05) is 0 Å². The molecular weight excluding hydrogens is 545 g/mol. The molecule has 0 saturated carbocycles. The molecule has 3 rings (SSSR count). The van der Waals surface area contributed by atoms with Gasteiger partial charge in [-0.1, -0.05) is 37.9 Å². The van der Waals surface area contributed by atoms with E-state index in [9.17, 15) is 31.2 Å². The predicted octanol–water partition coefficient (Wildman–Crippen LogP) is 4.82. The number of carbonyl (C=O) groups excluding carboxylic acids is 2. The quantitative estimate of drug-likeness (QED) is 0.495. The van der Waals surface area contributed by atoms with Crippen LogP contribution < -0.4 is 10.0 Å². The van der Waals surface area contributed by atoms with E-state index in [0.29, 0.717) is 23.2 Å². The lowest BCUT2D eigenvalue weighted by molar-refractivity contribution is -0.138. The summed E-state index contributed by atoms with van der Waals surface area (Å²) in [6.07, 6.45) is -4.27. The van der Waals surface area contributed by atoms with Crippen molar-refractivity contribution < 1.29 is 31.2 Å². The molecule has 2 N–H and O–H groups in total. The number of carbonyl (C=O) groups is 2. The Morgan fingerprint density at radius 1 is 1.13 bits per heavy atom. The van der Waals surface area contributed by atoms with Crippen LogP contribution in [0.25, 0.3) is 0 Å². The van der Waals surface area contributed by atoms with Crippen molar-refractivity contribution in [2.24, 2.45) is 5.92 Å². The number of nitrogens with one attached hydrogen (secondary N) is 2. The first-order chi connectivity index (χ1) is 17.7. The summed E-state index contributed by atoms with van der Waals surface area (Å²) >= 11 is 5.88. The van der Waals surface area contributed by atoms with Crippen LogP contribution in [-0.4, -0.2) is 61.9 Å². The zero-order valence-corrected chi connectivity index (χ0v) is 22.7. The zero-order chi connectivity index (χ0) is 28.3. The molecule has 0 bridgehead atoms. The van der Waals surface area contributed by atoms with Crippen LogP contribution in [0, 0.1) is 5.92 Å². The summed E-state index contributed by atoms with van der Waals surface area (Å²) in [4.78, 5) is 28.7. The number of piperazine rings is 1. The summed E-state index contributed by atoms with van der Waals surface area (Å²) in [5.74, 6) is -0.941. The number of rotatable bonds is 7. The predicted molar refractivity (Wildman–Crippen MR) is 138 cm³/mol. The number of halogens is 4. The van der Waals surface area contributed by atoms with Crippen molar-refractivity contribution in [1.82, 2.24) is 14.5 Å². The molecule has 38 heavy (non-hydrogen) atoms. The average molecular weight is 575 g/mol. The summed E-state index contributed by atoms with van der Waals surface area (Å²) in [5, 5.41) is 3.31. The molecule has 1 aliphatic rings. The van der Waals surface area contributed by atoms with Crippen molar-refractivity contribution in [3.8, 4) is 0 Å². The summed E-state index contributed by atoms with van der Waals surface area (Å²) in [6.45, 7) is 5.77. The number of urea groups is 1. The van der Waals surface area contributed by atoms with Crippen molar-refractivity contribution in [2.75, 3.05) is 25.0 Å². The average Bonchev–Trinajstić information content (AvgIpc) is 2.87. The lowest BCUT2D eigenvalue weighted by Gasteiger charge is -2.41. The van der Waals surface area contributed by atoms with Gasteiger partial charge in [-0.2, -0.15) is 17.9 Å². The maximum Gasteiger partial charge on any atom is 0.416 e. The number of hydrogen-bond acceptors (Lipinski definition) is 4. The first-order valence-electron chi connectivity index (χ1n) is 12.0. The van der Waals surface area contributed by atoms with Gasteiger partial charge in [0.25, 0.3) is 0 Å². The maximum atomic E-state index is 13.5.